The molecule has 1 nitrogen and oxygen atoms in total. The van der Waals surface area contributed by atoms with Gasteiger partial charge in [0.15, 0.2) is 0 Å². The van der Waals surface area contributed by atoms with Crippen LogP contribution < -0.4 is 0 Å². The minimum atomic E-state index is 1.29. The summed E-state index contributed by atoms with van der Waals surface area (Å²) in [6, 6.07) is 2.22. The molecule has 1 aromatic heterocycles. The van der Waals surface area contributed by atoms with Crippen LogP contribution in [0, 0.1) is 0 Å². The van der Waals surface area contributed by atoms with Crippen LogP contribution in [-0.2, 0) is 6.42 Å². The zero-order valence-corrected chi connectivity index (χ0v) is 9.45. The summed E-state index contributed by atoms with van der Waals surface area (Å²) < 4.78 is 3.19. The average molecular weight is 197 g/mol. The quantitative estimate of drug-likeness (QED) is 0.619. The molecule has 1 rings (SSSR count). The second-order valence-electron chi connectivity index (χ2n) is 3.58. The van der Waals surface area contributed by atoms with Gasteiger partial charge in [0, 0.05) is 14.5 Å². The maximum absolute atomic E-state index is 3.19. The Morgan fingerprint density at radius 1 is 1.15 bits per heavy atom. The molecule has 0 radical (unpaired) electrons. The summed E-state index contributed by atoms with van der Waals surface area (Å²) in [6.07, 6.45) is 11.7. The fourth-order valence-electron chi connectivity index (χ4n) is 1.52. The third-order valence-electron chi connectivity index (χ3n) is 2.34. The first-order chi connectivity index (χ1) is 6.43. The van der Waals surface area contributed by atoms with Gasteiger partial charge in [-0.15, -0.1) is 0 Å². The Morgan fingerprint density at radius 3 is 2.62 bits per heavy atom. The SMILES string of the molecule is CCCCCCCCc1cc[nH]p1. The zero-order valence-electron chi connectivity index (χ0n) is 8.55. The van der Waals surface area contributed by atoms with Gasteiger partial charge >= 0.3 is 0 Å². The number of aryl methyl sites for hydroxylation is 1. The Bertz CT molecular complexity index is 194. The lowest BCUT2D eigenvalue weighted by atomic mass is 10.1. The molecule has 0 aromatic carbocycles. The van der Waals surface area contributed by atoms with Gasteiger partial charge in [0.2, 0.25) is 0 Å². The molecule has 1 N–H and O–H groups in total. The number of hydrogen-bond acceptors (Lipinski definition) is 0. The monoisotopic (exact) mass is 197 g/mol. The second-order valence-corrected chi connectivity index (χ2v) is 4.64. The van der Waals surface area contributed by atoms with Gasteiger partial charge in [-0.25, -0.2) is 0 Å². The van der Waals surface area contributed by atoms with Gasteiger partial charge in [0.05, 0.1) is 0 Å². The second kappa shape index (κ2) is 7.15. The van der Waals surface area contributed by atoms with E-state index in [0.717, 1.165) is 0 Å². The van der Waals surface area contributed by atoms with Gasteiger partial charge in [-0.05, 0) is 24.2 Å². The largest absolute Gasteiger partial charge is 0.344 e. The Kier molecular flexibility index (Phi) is 5.93. The molecule has 0 aliphatic rings. The molecule has 0 aliphatic heterocycles. The maximum atomic E-state index is 3.19. The average Bonchev–Trinajstić information content (AvgIpc) is 2.63. The molecule has 0 saturated carbocycles. The third-order valence-corrected chi connectivity index (χ3v) is 3.28. The molecular weight excluding hydrogens is 177 g/mol. The van der Waals surface area contributed by atoms with Crippen LogP contribution in [0.4, 0.5) is 0 Å². The first kappa shape index (κ1) is 10.8. The predicted octanol–water partition coefficient (Wildman–Crippen LogP) is 4.50. The minimum absolute atomic E-state index is 1.29. The van der Waals surface area contributed by atoms with Gasteiger partial charge in [-0.2, -0.15) is 0 Å². The molecule has 0 bridgehead atoms. The van der Waals surface area contributed by atoms with Gasteiger partial charge < -0.3 is 4.75 Å². The highest BCUT2D eigenvalue weighted by molar-refractivity contribution is 7.26. The molecule has 0 atom stereocenters. The summed E-state index contributed by atoms with van der Waals surface area (Å²) in [5.74, 6) is 0. The lowest BCUT2D eigenvalue weighted by Crippen LogP contribution is -1.81. The van der Waals surface area contributed by atoms with E-state index in [9.17, 15) is 0 Å². The van der Waals surface area contributed by atoms with Crippen LogP contribution in [0.15, 0.2) is 12.3 Å². The van der Waals surface area contributed by atoms with Crippen molar-refractivity contribution < 1.29 is 0 Å². The van der Waals surface area contributed by atoms with E-state index >= 15 is 0 Å². The summed E-state index contributed by atoms with van der Waals surface area (Å²) in [5.41, 5.74) is 0. The van der Waals surface area contributed by atoms with Crippen molar-refractivity contribution in [2.75, 3.05) is 0 Å². The molecule has 0 unspecified atom stereocenters. The van der Waals surface area contributed by atoms with Crippen molar-refractivity contribution in [2.24, 2.45) is 0 Å². The van der Waals surface area contributed by atoms with Crippen LogP contribution in [0.1, 0.15) is 50.7 Å². The Morgan fingerprint density at radius 2 is 1.92 bits per heavy atom. The van der Waals surface area contributed by atoms with Crippen molar-refractivity contribution in [3.8, 4) is 0 Å². The molecule has 1 heterocycles. The van der Waals surface area contributed by atoms with E-state index in [0.29, 0.717) is 0 Å². The molecule has 74 valence electrons. The summed E-state index contributed by atoms with van der Waals surface area (Å²) in [7, 11) is 1.32. The minimum Gasteiger partial charge on any atom is -0.344 e. The molecular formula is C11H20NP. The molecule has 0 amide bonds. The summed E-state index contributed by atoms with van der Waals surface area (Å²) >= 11 is 0. The van der Waals surface area contributed by atoms with Crippen LogP contribution in [0.5, 0.6) is 0 Å². The predicted molar refractivity (Wildman–Crippen MR) is 60.4 cm³/mol. The highest BCUT2D eigenvalue weighted by Gasteiger charge is 1.93. The van der Waals surface area contributed by atoms with E-state index in [-0.39, 0.29) is 0 Å². The Balaban J connectivity index is 1.90. The van der Waals surface area contributed by atoms with Crippen molar-refractivity contribution in [3.63, 3.8) is 0 Å². The highest BCUT2D eigenvalue weighted by atomic mass is 31.0. The maximum Gasteiger partial charge on any atom is 0.0139 e. The van der Waals surface area contributed by atoms with E-state index in [2.05, 4.69) is 17.7 Å². The van der Waals surface area contributed by atoms with Crippen molar-refractivity contribution in [2.45, 2.75) is 51.9 Å². The molecule has 0 saturated heterocycles. The van der Waals surface area contributed by atoms with E-state index in [1.165, 1.54) is 53.3 Å². The number of hydrogen-bond donors (Lipinski definition) is 1. The molecule has 0 aliphatic carbocycles. The number of nitrogens with one attached hydrogen (secondary N) is 1. The summed E-state index contributed by atoms with van der Waals surface area (Å²) in [5, 5.41) is 1.55. The van der Waals surface area contributed by atoms with Gasteiger partial charge in [-0.3, -0.25) is 0 Å². The highest BCUT2D eigenvalue weighted by Crippen LogP contribution is 2.15. The fraction of sp³-hybridized carbons (Fsp3) is 0.727. The molecule has 2 heteroatoms. The lowest BCUT2D eigenvalue weighted by molar-refractivity contribution is 0.609. The molecule has 1 aromatic rings. The zero-order chi connectivity index (χ0) is 9.36. The fourth-order valence-corrected chi connectivity index (χ4v) is 2.25. The smallest absolute Gasteiger partial charge is 0.0139 e. The number of aromatic amines is 1. The number of aromatic nitrogens is 1. The van der Waals surface area contributed by atoms with E-state index in [4.69, 9.17) is 0 Å². The summed E-state index contributed by atoms with van der Waals surface area (Å²) in [4.78, 5) is 0. The first-order valence-corrected chi connectivity index (χ1v) is 6.31. The summed E-state index contributed by atoms with van der Waals surface area (Å²) in [6.45, 7) is 2.27. The lowest BCUT2D eigenvalue weighted by Gasteiger charge is -1.98. The molecule has 0 fully saturated rings. The van der Waals surface area contributed by atoms with Crippen LogP contribution in [-0.4, -0.2) is 4.75 Å². The van der Waals surface area contributed by atoms with Gasteiger partial charge in [0.1, 0.15) is 0 Å². The van der Waals surface area contributed by atoms with Crippen LogP contribution in [0.25, 0.3) is 0 Å². The first-order valence-electron chi connectivity index (χ1n) is 5.42. The van der Waals surface area contributed by atoms with Crippen molar-refractivity contribution in [1.29, 1.82) is 0 Å². The van der Waals surface area contributed by atoms with Crippen LogP contribution in [0.3, 0.4) is 0 Å². The molecule has 0 spiro atoms. The van der Waals surface area contributed by atoms with E-state index in [1.54, 1.807) is 5.30 Å². The van der Waals surface area contributed by atoms with Crippen LogP contribution in [0.2, 0.25) is 0 Å². The Labute approximate surface area is 83.1 Å². The van der Waals surface area contributed by atoms with E-state index in [1.807, 2.05) is 6.20 Å². The molecule has 13 heavy (non-hydrogen) atoms. The number of unbranched alkanes of at least 4 members (excludes halogenated alkanes) is 5. The van der Waals surface area contributed by atoms with Crippen LogP contribution >= 0.6 is 8.35 Å². The van der Waals surface area contributed by atoms with Gasteiger partial charge in [-0.1, -0.05) is 39.0 Å². The van der Waals surface area contributed by atoms with Crippen molar-refractivity contribution in [3.05, 3.63) is 17.6 Å². The standard InChI is InChI=1S/C11H20NP/c1-2-3-4-5-6-7-8-11-9-10-12-13-11/h9-10,12H,2-8H2,1H3. The number of rotatable bonds is 7. The number of H-pyrrole nitrogens is 1. The van der Waals surface area contributed by atoms with Gasteiger partial charge in [0.25, 0.3) is 0 Å². The Hall–Kier alpha value is -0.290. The third kappa shape index (κ3) is 5.10. The van der Waals surface area contributed by atoms with Crippen molar-refractivity contribution >= 4 is 8.35 Å². The normalized spacial score (nSPS) is 11.2. The topological polar surface area (TPSA) is 15.8 Å². The van der Waals surface area contributed by atoms with E-state index < -0.39 is 0 Å². The van der Waals surface area contributed by atoms with Crippen molar-refractivity contribution in [1.82, 2.24) is 4.75 Å².